The number of aromatic nitrogens is 5. The Morgan fingerprint density at radius 2 is 0.960 bits per heavy atom. The molecule has 2 aromatic heterocycles. The maximum Gasteiger partial charge on any atom is 0.220 e. The van der Waals surface area contributed by atoms with Crippen molar-refractivity contribution >= 4 is 39.1 Å². The highest BCUT2D eigenvalue weighted by Gasteiger charge is 2.30. The normalized spacial score (nSPS) is 12.0. The molecule has 0 radical (unpaired) electrons. The van der Waals surface area contributed by atoms with Gasteiger partial charge in [0, 0.05) is 33.5 Å². The molecule has 50 heavy (non-hydrogen) atoms. The molecule has 6 heteroatoms. The van der Waals surface area contributed by atoms with Gasteiger partial charge in [0.15, 0.2) is 17.5 Å². The minimum absolute atomic E-state index is 0.602. The van der Waals surface area contributed by atoms with E-state index in [0.717, 1.165) is 67.2 Å². The number of para-hydroxylation sites is 3. The van der Waals surface area contributed by atoms with Gasteiger partial charge in [-0.25, -0.2) is 19.9 Å². The van der Waals surface area contributed by atoms with Gasteiger partial charge < -0.3 is 0 Å². The monoisotopic (exact) mass is 640 g/mol. The molecule has 0 atom stereocenters. The van der Waals surface area contributed by atoms with Gasteiger partial charge in [-0.3, -0.25) is 9.47 Å². The van der Waals surface area contributed by atoms with Crippen LogP contribution in [-0.2, 0) is 0 Å². The molecular formula is C44H28N6. The van der Waals surface area contributed by atoms with Crippen LogP contribution in [0.25, 0.3) is 72.8 Å². The predicted octanol–water partition coefficient (Wildman–Crippen LogP) is 10.8. The highest BCUT2D eigenvalue weighted by Crippen LogP contribution is 2.49. The summed E-state index contributed by atoms with van der Waals surface area (Å²) in [7, 11) is 0. The average molecular weight is 641 g/mol. The summed E-state index contributed by atoms with van der Waals surface area (Å²) >= 11 is 0. The third-order valence-corrected chi connectivity index (χ3v) is 9.35. The first-order chi connectivity index (χ1) is 24.8. The molecule has 7 aromatic carbocycles. The zero-order chi connectivity index (χ0) is 33.0. The van der Waals surface area contributed by atoms with E-state index >= 15 is 0 Å². The Morgan fingerprint density at radius 3 is 1.70 bits per heavy atom. The van der Waals surface area contributed by atoms with Crippen molar-refractivity contribution in [3.05, 3.63) is 170 Å². The maximum absolute atomic E-state index is 5.31. The number of nitrogens with zero attached hydrogens (tertiary/aromatic N) is 6. The SMILES string of the molecule is c1ccc(-c2nc(-c3ccccc3)nc(-c3cccc(N4c5cc6ccccc6cc5-c5ccccc5-n5c4nc4ccccc45)c3)n2)cc1. The fraction of sp³-hybridized carbons (Fsp3) is 0. The molecule has 10 rings (SSSR count). The van der Waals surface area contributed by atoms with Crippen LogP contribution in [0.2, 0.25) is 0 Å². The summed E-state index contributed by atoms with van der Waals surface area (Å²) in [6.45, 7) is 0. The van der Waals surface area contributed by atoms with Crippen molar-refractivity contribution in [3.8, 4) is 51.0 Å². The van der Waals surface area contributed by atoms with Crippen molar-refractivity contribution in [2.24, 2.45) is 0 Å². The van der Waals surface area contributed by atoms with Gasteiger partial charge in [0.2, 0.25) is 5.95 Å². The Balaban J connectivity index is 1.23. The van der Waals surface area contributed by atoms with Crippen molar-refractivity contribution in [3.63, 3.8) is 0 Å². The number of rotatable bonds is 4. The Labute approximate surface area is 288 Å². The van der Waals surface area contributed by atoms with E-state index in [1.165, 1.54) is 5.39 Å². The number of hydrogen-bond donors (Lipinski definition) is 0. The zero-order valence-electron chi connectivity index (χ0n) is 26.8. The van der Waals surface area contributed by atoms with E-state index in [-0.39, 0.29) is 0 Å². The first-order valence-corrected chi connectivity index (χ1v) is 16.7. The van der Waals surface area contributed by atoms with Gasteiger partial charge >= 0.3 is 0 Å². The molecule has 3 heterocycles. The van der Waals surface area contributed by atoms with Gasteiger partial charge in [-0.15, -0.1) is 0 Å². The highest BCUT2D eigenvalue weighted by molar-refractivity contribution is 6.02. The van der Waals surface area contributed by atoms with Gasteiger partial charge in [-0.05, 0) is 53.2 Å². The summed E-state index contributed by atoms with van der Waals surface area (Å²) in [6.07, 6.45) is 0. The van der Waals surface area contributed by atoms with Gasteiger partial charge in [-0.1, -0.05) is 127 Å². The minimum Gasteiger partial charge on any atom is -0.280 e. The molecule has 1 aliphatic rings. The zero-order valence-corrected chi connectivity index (χ0v) is 26.8. The second-order valence-electron chi connectivity index (χ2n) is 12.4. The smallest absolute Gasteiger partial charge is 0.220 e. The summed E-state index contributed by atoms with van der Waals surface area (Å²) in [5, 5.41) is 2.35. The summed E-state index contributed by atoms with van der Waals surface area (Å²) < 4.78 is 2.28. The standard InChI is InChI=1S/C44H28N6/c1-3-14-29(15-4-1)41-46-42(30-16-5-2-6-17-30)48-43(47-41)33-20-13-21-34(26-33)49-40-28-32-19-8-7-18-31(32)27-36(40)35-22-9-11-24-38(35)50-39-25-12-10-23-37(39)45-44(49)50/h1-28H. The summed E-state index contributed by atoms with van der Waals surface area (Å²) in [4.78, 5) is 22.6. The van der Waals surface area contributed by atoms with Crippen LogP contribution in [0.15, 0.2) is 170 Å². The largest absolute Gasteiger partial charge is 0.280 e. The quantitative estimate of drug-likeness (QED) is 0.192. The second-order valence-corrected chi connectivity index (χ2v) is 12.4. The van der Waals surface area contributed by atoms with E-state index in [9.17, 15) is 0 Å². The molecule has 0 unspecified atom stereocenters. The van der Waals surface area contributed by atoms with Gasteiger partial charge in [0.25, 0.3) is 0 Å². The molecule has 0 spiro atoms. The fourth-order valence-electron chi connectivity index (χ4n) is 7.01. The Bertz CT molecular complexity index is 2660. The molecule has 0 bridgehead atoms. The predicted molar refractivity (Wildman–Crippen MR) is 202 cm³/mol. The van der Waals surface area contributed by atoms with Crippen LogP contribution in [0, 0.1) is 0 Å². The van der Waals surface area contributed by atoms with Crippen LogP contribution in [0.5, 0.6) is 0 Å². The lowest BCUT2D eigenvalue weighted by Crippen LogP contribution is -2.14. The minimum atomic E-state index is 0.602. The first-order valence-electron chi connectivity index (χ1n) is 16.7. The first kappa shape index (κ1) is 28.1. The summed E-state index contributed by atoms with van der Waals surface area (Å²) in [6, 6.07) is 58.7. The Morgan fingerprint density at radius 1 is 0.380 bits per heavy atom. The Hall–Kier alpha value is -6.92. The van der Waals surface area contributed by atoms with Crippen molar-refractivity contribution in [1.82, 2.24) is 24.5 Å². The van der Waals surface area contributed by atoms with Gasteiger partial charge in [0.05, 0.1) is 22.4 Å². The Kier molecular flexibility index (Phi) is 6.39. The molecule has 234 valence electrons. The van der Waals surface area contributed by atoms with Crippen LogP contribution in [0.1, 0.15) is 0 Å². The van der Waals surface area contributed by atoms with Crippen LogP contribution >= 0.6 is 0 Å². The molecule has 0 saturated heterocycles. The molecule has 0 fully saturated rings. The van der Waals surface area contributed by atoms with Crippen molar-refractivity contribution in [2.75, 3.05) is 4.90 Å². The number of anilines is 3. The van der Waals surface area contributed by atoms with E-state index in [1.807, 2.05) is 66.7 Å². The molecule has 0 saturated carbocycles. The van der Waals surface area contributed by atoms with Crippen LogP contribution in [0.4, 0.5) is 17.3 Å². The van der Waals surface area contributed by atoms with Crippen LogP contribution in [-0.4, -0.2) is 24.5 Å². The van der Waals surface area contributed by atoms with Crippen molar-refractivity contribution in [2.45, 2.75) is 0 Å². The number of hydrogen-bond acceptors (Lipinski definition) is 5. The molecule has 0 N–H and O–H groups in total. The maximum atomic E-state index is 5.31. The van der Waals surface area contributed by atoms with Crippen molar-refractivity contribution < 1.29 is 0 Å². The lowest BCUT2D eigenvalue weighted by molar-refractivity contribution is 1.05. The summed E-state index contributed by atoms with van der Waals surface area (Å²) in [5.74, 6) is 2.67. The molecule has 6 nitrogen and oxygen atoms in total. The molecule has 9 aromatic rings. The topological polar surface area (TPSA) is 59.7 Å². The number of imidazole rings is 1. The fourth-order valence-corrected chi connectivity index (χ4v) is 7.01. The second kappa shape index (κ2) is 11.4. The molecule has 0 amide bonds. The summed E-state index contributed by atoms with van der Waals surface area (Å²) in [5.41, 5.74) is 10.1. The van der Waals surface area contributed by atoms with E-state index < -0.39 is 0 Å². The van der Waals surface area contributed by atoms with Crippen LogP contribution < -0.4 is 4.90 Å². The van der Waals surface area contributed by atoms with E-state index in [4.69, 9.17) is 19.9 Å². The number of benzene rings is 7. The lowest BCUT2D eigenvalue weighted by Gasteiger charge is -2.25. The van der Waals surface area contributed by atoms with E-state index in [1.54, 1.807) is 0 Å². The highest BCUT2D eigenvalue weighted by atomic mass is 15.3. The van der Waals surface area contributed by atoms with Crippen LogP contribution in [0.3, 0.4) is 0 Å². The van der Waals surface area contributed by atoms with Gasteiger partial charge in [-0.2, -0.15) is 0 Å². The third-order valence-electron chi connectivity index (χ3n) is 9.35. The average Bonchev–Trinajstić information content (AvgIpc) is 3.52. The van der Waals surface area contributed by atoms with E-state index in [0.29, 0.717) is 17.5 Å². The van der Waals surface area contributed by atoms with Gasteiger partial charge in [0.1, 0.15) is 0 Å². The third kappa shape index (κ3) is 4.58. The van der Waals surface area contributed by atoms with Crippen molar-refractivity contribution in [1.29, 1.82) is 0 Å². The molecular weight excluding hydrogens is 613 g/mol. The number of fused-ring (bicyclic) bond motifs is 8. The molecule has 1 aliphatic heterocycles. The lowest BCUT2D eigenvalue weighted by atomic mass is 9.97. The van der Waals surface area contributed by atoms with E-state index in [2.05, 4.69) is 113 Å². The molecule has 0 aliphatic carbocycles.